The van der Waals surface area contributed by atoms with Gasteiger partial charge in [-0.3, -0.25) is 0 Å². The predicted molar refractivity (Wildman–Crippen MR) is 244 cm³/mol. The van der Waals surface area contributed by atoms with Crippen molar-refractivity contribution in [1.82, 2.24) is 0 Å². The third-order valence-electron chi connectivity index (χ3n) is 12.4. The highest BCUT2D eigenvalue weighted by Crippen LogP contribution is 2.46. The summed E-state index contributed by atoms with van der Waals surface area (Å²) >= 11 is 0. The molecule has 2 aliphatic rings. The minimum absolute atomic E-state index is 0.0441. The highest BCUT2D eigenvalue weighted by molar-refractivity contribution is 6.13. The number of benzene rings is 7. The van der Waals surface area contributed by atoms with Crippen molar-refractivity contribution in [2.75, 3.05) is 9.80 Å². The zero-order valence-corrected chi connectivity index (χ0v) is 32.7. The summed E-state index contributed by atoms with van der Waals surface area (Å²) in [5.41, 5.74) is 11.4. The van der Waals surface area contributed by atoms with E-state index in [-0.39, 0.29) is 12.0 Å². The van der Waals surface area contributed by atoms with Gasteiger partial charge < -0.3 is 18.6 Å². The fourth-order valence-corrected chi connectivity index (χ4v) is 9.64. The van der Waals surface area contributed by atoms with E-state index in [1.54, 1.807) is 0 Å². The van der Waals surface area contributed by atoms with E-state index in [1.807, 2.05) is 12.1 Å². The van der Waals surface area contributed by atoms with Crippen LogP contribution in [0.2, 0.25) is 0 Å². The van der Waals surface area contributed by atoms with Gasteiger partial charge in [-0.25, -0.2) is 0 Å². The van der Waals surface area contributed by atoms with Crippen LogP contribution < -0.4 is 20.2 Å². The molecule has 4 heteroatoms. The Balaban J connectivity index is 1.17. The highest BCUT2D eigenvalue weighted by atomic mass is 16.3. The quantitative estimate of drug-likeness (QED) is 0.162. The second kappa shape index (κ2) is 13.6. The van der Waals surface area contributed by atoms with Gasteiger partial charge in [0.1, 0.15) is 11.2 Å². The first-order chi connectivity index (χ1) is 28.6. The molecule has 280 valence electrons. The molecule has 2 unspecified atom stereocenters. The first kappa shape index (κ1) is 34.2. The van der Waals surface area contributed by atoms with Gasteiger partial charge in [-0.2, -0.15) is 0 Å². The maximum Gasteiger partial charge on any atom is 0.159 e. The number of rotatable bonds is 7. The Hall–Kier alpha value is -7.04. The van der Waals surface area contributed by atoms with E-state index in [1.165, 1.54) is 32.3 Å². The van der Waals surface area contributed by atoms with Crippen LogP contribution in [0.4, 0.5) is 22.7 Å². The van der Waals surface area contributed by atoms with Gasteiger partial charge in [0.15, 0.2) is 11.2 Å². The van der Waals surface area contributed by atoms with Gasteiger partial charge in [0.05, 0.1) is 23.1 Å². The van der Waals surface area contributed by atoms with Gasteiger partial charge in [0.2, 0.25) is 0 Å². The average Bonchev–Trinajstić information content (AvgIpc) is 3.85. The van der Waals surface area contributed by atoms with Gasteiger partial charge in [-0.05, 0) is 95.1 Å². The van der Waals surface area contributed by atoms with Crippen LogP contribution in [0.25, 0.3) is 66.3 Å². The standard InChI is InChI=1S/C54H42N2O2/c1-4-36-28-32-44-46(56(38-17-6-5-7-18-38)48-25-15-22-43-41-20-10-13-27-50(41)58-54(43)48)33-30-37-29-31-39(51(36)52(37)44)35(3)55(45-23-11-8-16-34(45)2)47-24-14-21-42-40-19-9-12-26-49(40)57-53(42)47/h4-28,30,32-34,45H,3,29,31H2,1-2H3/b36-4-. The van der Waals surface area contributed by atoms with E-state index in [2.05, 4.69) is 181 Å². The largest absolute Gasteiger partial charge is 0.454 e. The van der Waals surface area contributed by atoms with Crippen molar-refractivity contribution in [3.8, 4) is 0 Å². The third kappa shape index (κ3) is 5.21. The monoisotopic (exact) mass is 750 g/mol. The van der Waals surface area contributed by atoms with Crippen LogP contribution in [-0.4, -0.2) is 6.04 Å². The number of furan rings is 2. The Labute approximate surface area is 337 Å². The molecule has 0 bridgehead atoms. The lowest BCUT2D eigenvalue weighted by molar-refractivity contribution is 0.594. The molecule has 0 spiro atoms. The molecule has 9 aromatic rings. The van der Waals surface area contributed by atoms with Crippen LogP contribution in [-0.2, 0) is 6.42 Å². The Morgan fingerprint density at radius 1 is 0.603 bits per heavy atom. The van der Waals surface area contributed by atoms with Crippen molar-refractivity contribution in [1.29, 1.82) is 0 Å². The molecule has 2 aliphatic carbocycles. The SMILES string of the molecule is C=C(C1=c2/c(=C\C)ccc3c(N(c4ccccc4)c4cccc5c4oc4ccccc45)ccc(c23)CC1)N(c1cccc2c1oc1ccccc12)C1C=CC=CC1C. The zero-order chi connectivity index (χ0) is 38.9. The van der Waals surface area contributed by atoms with Crippen molar-refractivity contribution in [2.45, 2.75) is 32.7 Å². The van der Waals surface area contributed by atoms with Crippen molar-refractivity contribution in [3.63, 3.8) is 0 Å². The van der Waals surface area contributed by atoms with Crippen LogP contribution in [0, 0.1) is 5.92 Å². The van der Waals surface area contributed by atoms with E-state index in [4.69, 9.17) is 15.4 Å². The van der Waals surface area contributed by atoms with E-state index in [0.717, 1.165) is 85.2 Å². The van der Waals surface area contributed by atoms with E-state index >= 15 is 0 Å². The summed E-state index contributed by atoms with van der Waals surface area (Å²) in [6.45, 7) is 9.47. The van der Waals surface area contributed by atoms with Gasteiger partial charge in [-0.1, -0.05) is 141 Å². The Morgan fingerprint density at radius 3 is 1.95 bits per heavy atom. The average molecular weight is 751 g/mol. The second-order valence-electron chi connectivity index (χ2n) is 15.6. The number of anilines is 4. The maximum absolute atomic E-state index is 6.71. The number of hydrogen-bond acceptors (Lipinski definition) is 4. The molecule has 0 saturated carbocycles. The van der Waals surface area contributed by atoms with Gasteiger partial charge in [-0.15, -0.1) is 0 Å². The van der Waals surface area contributed by atoms with Crippen LogP contribution in [0.5, 0.6) is 0 Å². The fraction of sp³-hybridized carbons (Fsp3) is 0.111. The molecule has 0 amide bonds. The summed E-state index contributed by atoms with van der Waals surface area (Å²) in [5, 5.41) is 9.40. The maximum atomic E-state index is 6.71. The van der Waals surface area contributed by atoms with E-state index < -0.39 is 0 Å². The van der Waals surface area contributed by atoms with E-state index in [9.17, 15) is 0 Å². The minimum Gasteiger partial charge on any atom is -0.454 e. The highest BCUT2D eigenvalue weighted by Gasteiger charge is 2.31. The van der Waals surface area contributed by atoms with Crippen molar-refractivity contribution in [2.24, 2.45) is 5.92 Å². The normalized spacial score (nSPS) is 16.7. The van der Waals surface area contributed by atoms with Crippen molar-refractivity contribution >= 4 is 89.0 Å². The lowest BCUT2D eigenvalue weighted by Gasteiger charge is -2.38. The molecule has 2 atom stereocenters. The molecule has 0 N–H and O–H groups in total. The molecular formula is C54H42N2O2. The van der Waals surface area contributed by atoms with E-state index in [0.29, 0.717) is 0 Å². The summed E-state index contributed by atoms with van der Waals surface area (Å²) < 4.78 is 13.4. The van der Waals surface area contributed by atoms with Crippen molar-refractivity contribution in [3.05, 3.63) is 192 Å². The third-order valence-corrected chi connectivity index (χ3v) is 12.4. The molecule has 11 rings (SSSR count). The number of fused-ring (bicyclic) bond motifs is 6. The number of aryl methyl sites for hydroxylation is 1. The topological polar surface area (TPSA) is 32.8 Å². The fourth-order valence-electron chi connectivity index (χ4n) is 9.64. The van der Waals surface area contributed by atoms with Gasteiger partial charge >= 0.3 is 0 Å². The number of nitrogens with zero attached hydrogens (tertiary/aromatic N) is 2. The Morgan fingerprint density at radius 2 is 1.24 bits per heavy atom. The molecule has 7 aromatic carbocycles. The summed E-state index contributed by atoms with van der Waals surface area (Å²) in [5.74, 6) is 0.248. The molecule has 58 heavy (non-hydrogen) atoms. The summed E-state index contributed by atoms with van der Waals surface area (Å²) in [6, 6.07) is 49.7. The molecule has 4 nitrogen and oxygen atoms in total. The zero-order valence-electron chi connectivity index (χ0n) is 32.7. The molecule has 2 aromatic heterocycles. The number of hydrogen-bond donors (Lipinski definition) is 0. The summed E-state index contributed by atoms with van der Waals surface area (Å²) in [4.78, 5) is 4.83. The van der Waals surface area contributed by atoms with Crippen LogP contribution in [0.3, 0.4) is 0 Å². The van der Waals surface area contributed by atoms with Crippen molar-refractivity contribution < 1.29 is 8.83 Å². The Kier molecular flexibility index (Phi) is 8.01. The second-order valence-corrected chi connectivity index (χ2v) is 15.6. The first-order valence-corrected chi connectivity index (χ1v) is 20.3. The van der Waals surface area contributed by atoms with Gasteiger partial charge in [0, 0.05) is 38.3 Å². The lowest BCUT2D eigenvalue weighted by atomic mass is 9.85. The minimum atomic E-state index is 0.0441. The van der Waals surface area contributed by atoms with Crippen LogP contribution in [0.1, 0.15) is 25.8 Å². The molecule has 0 fully saturated rings. The van der Waals surface area contributed by atoms with Crippen LogP contribution in [0.15, 0.2) is 185 Å². The van der Waals surface area contributed by atoms with Gasteiger partial charge in [0.25, 0.3) is 0 Å². The summed E-state index contributed by atoms with van der Waals surface area (Å²) in [6.07, 6.45) is 13.0. The van der Waals surface area contributed by atoms with Crippen LogP contribution >= 0.6 is 0 Å². The molecule has 0 radical (unpaired) electrons. The smallest absolute Gasteiger partial charge is 0.159 e. The molecule has 0 saturated heterocycles. The molecule has 2 heterocycles. The lowest BCUT2D eigenvalue weighted by Crippen LogP contribution is -2.41. The number of para-hydroxylation sites is 5. The first-order valence-electron chi connectivity index (χ1n) is 20.3. The molecule has 0 aliphatic heterocycles. The molecular weight excluding hydrogens is 709 g/mol. The number of allylic oxidation sites excluding steroid dienone is 3. The predicted octanol–water partition coefficient (Wildman–Crippen LogP) is 13.2. The Bertz CT molecular complexity index is 3310. The summed E-state index contributed by atoms with van der Waals surface area (Å²) in [7, 11) is 0.